The predicted molar refractivity (Wildman–Crippen MR) is 83.1 cm³/mol. The first kappa shape index (κ1) is 16.4. The van der Waals surface area contributed by atoms with Gasteiger partial charge in [-0.3, -0.25) is 9.69 Å². The standard InChI is InChI=1S/C16H29N3O2/c1-13(20)11-14-3-5-15(6-4-14)17-16(21)12-19-9-7-18(2)8-10-19/h14-15H,3-12H2,1-2H3,(H,17,21). The lowest BCUT2D eigenvalue weighted by molar-refractivity contribution is -0.124. The van der Waals surface area contributed by atoms with Crippen LogP contribution in [0.25, 0.3) is 0 Å². The molecule has 120 valence electrons. The number of hydrogen-bond acceptors (Lipinski definition) is 4. The summed E-state index contributed by atoms with van der Waals surface area (Å²) in [5, 5.41) is 3.17. The van der Waals surface area contributed by atoms with E-state index in [4.69, 9.17) is 0 Å². The van der Waals surface area contributed by atoms with Crippen LogP contribution in [0.4, 0.5) is 0 Å². The van der Waals surface area contributed by atoms with Gasteiger partial charge in [0.05, 0.1) is 6.54 Å². The van der Waals surface area contributed by atoms with E-state index in [2.05, 4.69) is 22.2 Å². The Morgan fingerprint density at radius 3 is 2.24 bits per heavy atom. The zero-order valence-electron chi connectivity index (χ0n) is 13.4. The fraction of sp³-hybridized carbons (Fsp3) is 0.875. The van der Waals surface area contributed by atoms with Crippen molar-refractivity contribution in [3.63, 3.8) is 0 Å². The van der Waals surface area contributed by atoms with Crippen LogP contribution in [0.3, 0.4) is 0 Å². The van der Waals surface area contributed by atoms with Crippen molar-refractivity contribution in [3.05, 3.63) is 0 Å². The highest BCUT2D eigenvalue weighted by molar-refractivity contribution is 5.78. The van der Waals surface area contributed by atoms with Crippen LogP contribution >= 0.6 is 0 Å². The summed E-state index contributed by atoms with van der Waals surface area (Å²) in [6, 6.07) is 0.313. The summed E-state index contributed by atoms with van der Waals surface area (Å²) >= 11 is 0. The first-order valence-corrected chi connectivity index (χ1v) is 8.22. The van der Waals surface area contributed by atoms with Crippen LogP contribution in [0.2, 0.25) is 0 Å². The summed E-state index contributed by atoms with van der Waals surface area (Å²) in [4.78, 5) is 27.8. The number of amides is 1. The summed E-state index contributed by atoms with van der Waals surface area (Å²) in [7, 11) is 2.12. The maximum atomic E-state index is 12.1. The van der Waals surface area contributed by atoms with Gasteiger partial charge in [0, 0.05) is 38.6 Å². The van der Waals surface area contributed by atoms with Gasteiger partial charge in [-0.15, -0.1) is 0 Å². The van der Waals surface area contributed by atoms with Crippen LogP contribution in [0.1, 0.15) is 39.0 Å². The molecule has 21 heavy (non-hydrogen) atoms. The monoisotopic (exact) mass is 295 g/mol. The molecule has 2 fully saturated rings. The molecule has 1 saturated heterocycles. The van der Waals surface area contributed by atoms with Crippen molar-refractivity contribution in [3.8, 4) is 0 Å². The average molecular weight is 295 g/mol. The van der Waals surface area contributed by atoms with Gasteiger partial charge in [0.1, 0.15) is 5.78 Å². The predicted octanol–water partition coefficient (Wildman–Crippen LogP) is 0.888. The topological polar surface area (TPSA) is 52.7 Å². The van der Waals surface area contributed by atoms with E-state index in [1.54, 1.807) is 6.92 Å². The number of carbonyl (C=O) groups is 2. The molecule has 0 aromatic carbocycles. The molecule has 5 nitrogen and oxygen atoms in total. The second-order valence-electron chi connectivity index (χ2n) is 6.77. The molecule has 2 aliphatic rings. The molecule has 0 spiro atoms. The Morgan fingerprint density at radius 2 is 1.67 bits per heavy atom. The van der Waals surface area contributed by atoms with E-state index in [1.807, 2.05) is 0 Å². The molecule has 0 radical (unpaired) electrons. The molecular formula is C16H29N3O2. The Balaban J connectivity index is 1.64. The number of rotatable bonds is 5. The van der Waals surface area contributed by atoms with Crippen LogP contribution in [-0.2, 0) is 9.59 Å². The van der Waals surface area contributed by atoms with Gasteiger partial charge in [0.25, 0.3) is 0 Å². The fourth-order valence-electron chi connectivity index (χ4n) is 3.40. The quantitative estimate of drug-likeness (QED) is 0.818. The zero-order valence-corrected chi connectivity index (χ0v) is 13.4. The summed E-state index contributed by atoms with van der Waals surface area (Å²) < 4.78 is 0. The molecular weight excluding hydrogens is 266 g/mol. The van der Waals surface area contributed by atoms with Crippen LogP contribution < -0.4 is 5.32 Å². The molecule has 1 heterocycles. The number of piperazine rings is 1. The Hall–Kier alpha value is -0.940. The third-order valence-corrected chi connectivity index (χ3v) is 4.75. The van der Waals surface area contributed by atoms with Crippen molar-refractivity contribution in [2.45, 2.75) is 45.1 Å². The molecule has 1 amide bonds. The lowest BCUT2D eigenvalue weighted by Gasteiger charge is -2.33. The van der Waals surface area contributed by atoms with Crippen molar-refractivity contribution in [2.75, 3.05) is 39.8 Å². The molecule has 0 unspecified atom stereocenters. The van der Waals surface area contributed by atoms with Crippen molar-refractivity contribution in [1.82, 2.24) is 15.1 Å². The van der Waals surface area contributed by atoms with E-state index >= 15 is 0 Å². The lowest BCUT2D eigenvalue weighted by atomic mass is 9.83. The van der Waals surface area contributed by atoms with Crippen LogP contribution in [0, 0.1) is 5.92 Å². The Bertz CT molecular complexity index is 357. The number of hydrogen-bond donors (Lipinski definition) is 1. The Labute approximate surface area is 128 Å². The van der Waals surface area contributed by atoms with Crippen molar-refractivity contribution >= 4 is 11.7 Å². The molecule has 1 saturated carbocycles. The number of carbonyl (C=O) groups excluding carboxylic acids is 2. The minimum Gasteiger partial charge on any atom is -0.352 e. The molecule has 5 heteroatoms. The van der Waals surface area contributed by atoms with Gasteiger partial charge >= 0.3 is 0 Å². The van der Waals surface area contributed by atoms with Gasteiger partial charge in [-0.05, 0) is 45.6 Å². The number of Topliss-reactive ketones (excluding diaryl/α,β-unsaturated/α-hetero) is 1. The van der Waals surface area contributed by atoms with E-state index in [9.17, 15) is 9.59 Å². The molecule has 1 aliphatic heterocycles. The van der Waals surface area contributed by atoms with E-state index in [-0.39, 0.29) is 11.7 Å². The van der Waals surface area contributed by atoms with Gasteiger partial charge in [0.15, 0.2) is 0 Å². The summed E-state index contributed by atoms with van der Waals surface area (Å²) in [5.74, 6) is 0.986. The maximum Gasteiger partial charge on any atom is 0.234 e. The largest absolute Gasteiger partial charge is 0.352 e. The van der Waals surface area contributed by atoms with Crippen molar-refractivity contribution in [2.24, 2.45) is 5.92 Å². The van der Waals surface area contributed by atoms with E-state index in [1.165, 1.54) is 0 Å². The molecule has 0 aromatic rings. The second kappa shape index (κ2) is 7.90. The minimum absolute atomic E-state index is 0.162. The number of nitrogens with zero attached hydrogens (tertiary/aromatic N) is 2. The normalized spacial score (nSPS) is 28.3. The van der Waals surface area contributed by atoms with Gasteiger partial charge in [-0.25, -0.2) is 0 Å². The van der Waals surface area contributed by atoms with E-state index in [0.29, 0.717) is 24.9 Å². The van der Waals surface area contributed by atoms with Gasteiger partial charge in [0.2, 0.25) is 5.91 Å². The molecule has 0 bridgehead atoms. The SMILES string of the molecule is CC(=O)CC1CCC(NC(=O)CN2CCN(C)CC2)CC1. The number of ketones is 1. The first-order valence-electron chi connectivity index (χ1n) is 8.22. The van der Waals surface area contributed by atoms with Crippen LogP contribution in [-0.4, -0.2) is 67.3 Å². The highest BCUT2D eigenvalue weighted by Gasteiger charge is 2.24. The molecule has 0 aromatic heterocycles. The van der Waals surface area contributed by atoms with E-state index < -0.39 is 0 Å². The summed E-state index contributed by atoms with van der Waals surface area (Å²) in [6.45, 7) is 6.25. The van der Waals surface area contributed by atoms with Crippen molar-refractivity contribution in [1.29, 1.82) is 0 Å². The zero-order chi connectivity index (χ0) is 15.2. The highest BCUT2D eigenvalue weighted by Crippen LogP contribution is 2.26. The van der Waals surface area contributed by atoms with Gasteiger partial charge in [-0.1, -0.05) is 0 Å². The van der Waals surface area contributed by atoms with E-state index in [0.717, 1.165) is 51.9 Å². The van der Waals surface area contributed by atoms with Gasteiger partial charge in [-0.2, -0.15) is 0 Å². The van der Waals surface area contributed by atoms with Crippen molar-refractivity contribution < 1.29 is 9.59 Å². The Morgan fingerprint density at radius 1 is 1.05 bits per heavy atom. The van der Waals surface area contributed by atoms with Crippen LogP contribution in [0.5, 0.6) is 0 Å². The molecule has 0 atom stereocenters. The van der Waals surface area contributed by atoms with Gasteiger partial charge < -0.3 is 15.0 Å². The number of nitrogens with one attached hydrogen (secondary N) is 1. The molecule has 1 N–H and O–H groups in total. The Kier molecular flexibility index (Phi) is 6.18. The molecule has 1 aliphatic carbocycles. The summed E-state index contributed by atoms with van der Waals surface area (Å²) in [6.07, 6.45) is 4.89. The van der Waals surface area contributed by atoms with Crippen LogP contribution in [0.15, 0.2) is 0 Å². The third kappa shape index (κ3) is 5.75. The first-order chi connectivity index (χ1) is 10.0. The second-order valence-corrected chi connectivity index (χ2v) is 6.77. The number of likely N-dealkylation sites (N-methyl/N-ethyl adjacent to an activating group) is 1. The smallest absolute Gasteiger partial charge is 0.234 e. The third-order valence-electron chi connectivity index (χ3n) is 4.75. The maximum absolute atomic E-state index is 12.1. The average Bonchev–Trinajstić information content (AvgIpc) is 2.43. The minimum atomic E-state index is 0.162. The summed E-state index contributed by atoms with van der Waals surface area (Å²) in [5.41, 5.74) is 0. The highest BCUT2D eigenvalue weighted by atomic mass is 16.2. The lowest BCUT2D eigenvalue weighted by Crippen LogP contribution is -2.49. The fourth-order valence-corrected chi connectivity index (χ4v) is 3.40. The molecule has 2 rings (SSSR count).